The van der Waals surface area contributed by atoms with Gasteiger partial charge in [-0.3, -0.25) is 4.68 Å². The molecular weight excluding hydrogens is 382 g/mol. The van der Waals surface area contributed by atoms with Gasteiger partial charge in [0.1, 0.15) is 12.4 Å². The average Bonchev–Trinajstić information content (AvgIpc) is 3.14. The molecule has 28 heavy (non-hydrogen) atoms. The summed E-state index contributed by atoms with van der Waals surface area (Å²) in [6.07, 6.45) is 6.18. The SMILES string of the molecule is CS(=O)(=O)NC1CCCN(C(=O)Nc2cccc(OCCn3cccn3)c2)C1. The highest BCUT2D eigenvalue weighted by Crippen LogP contribution is 2.19. The lowest BCUT2D eigenvalue weighted by Crippen LogP contribution is -2.50. The number of likely N-dealkylation sites (tertiary alicyclic amines) is 1. The van der Waals surface area contributed by atoms with Gasteiger partial charge in [0.2, 0.25) is 10.0 Å². The quantitative estimate of drug-likeness (QED) is 0.724. The summed E-state index contributed by atoms with van der Waals surface area (Å²) in [6, 6.07) is 8.52. The van der Waals surface area contributed by atoms with Gasteiger partial charge < -0.3 is 15.0 Å². The molecule has 0 radical (unpaired) electrons. The minimum absolute atomic E-state index is 0.256. The number of ether oxygens (including phenoxy) is 1. The molecule has 1 aromatic carbocycles. The van der Waals surface area contributed by atoms with Crippen molar-refractivity contribution in [3.63, 3.8) is 0 Å². The van der Waals surface area contributed by atoms with E-state index in [1.165, 1.54) is 0 Å². The predicted octanol–water partition coefficient (Wildman–Crippen LogP) is 1.51. The summed E-state index contributed by atoms with van der Waals surface area (Å²) in [5.74, 6) is 0.653. The van der Waals surface area contributed by atoms with Gasteiger partial charge in [0.25, 0.3) is 0 Å². The first-order valence-electron chi connectivity index (χ1n) is 9.12. The zero-order valence-corrected chi connectivity index (χ0v) is 16.6. The van der Waals surface area contributed by atoms with Gasteiger partial charge in [0, 0.05) is 43.3 Å². The number of aromatic nitrogens is 2. The first kappa shape index (κ1) is 20.2. The number of piperidine rings is 1. The molecule has 0 spiro atoms. The number of benzene rings is 1. The lowest BCUT2D eigenvalue weighted by Gasteiger charge is -2.32. The molecule has 152 valence electrons. The van der Waals surface area contributed by atoms with Crippen LogP contribution in [0.5, 0.6) is 5.75 Å². The summed E-state index contributed by atoms with van der Waals surface area (Å²) in [6.45, 7) is 2.03. The Morgan fingerprint density at radius 2 is 2.21 bits per heavy atom. The van der Waals surface area contributed by atoms with Crippen LogP contribution in [-0.2, 0) is 16.6 Å². The molecule has 2 amide bonds. The molecule has 1 saturated heterocycles. The Bertz CT molecular complexity index is 885. The van der Waals surface area contributed by atoms with E-state index in [9.17, 15) is 13.2 Å². The molecule has 1 atom stereocenters. The van der Waals surface area contributed by atoms with Gasteiger partial charge in [-0.2, -0.15) is 5.10 Å². The van der Waals surface area contributed by atoms with Crippen LogP contribution < -0.4 is 14.8 Å². The fraction of sp³-hybridized carbons (Fsp3) is 0.444. The van der Waals surface area contributed by atoms with E-state index in [-0.39, 0.29) is 12.1 Å². The predicted molar refractivity (Wildman–Crippen MR) is 106 cm³/mol. The van der Waals surface area contributed by atoms with Crippen LogP contribution in [0.25, 0.3) is 0 Å². The van der Waals surface area contributed by atoms with Crippen molar-refractivity contribution in [2.45, 2.75) is 25.4 Å². The lowest BCUT2D eigenvalue weighted by atomic mass is 10.1. The molecule has 9 nitrogen and oxygen atoms in total. The number of sulfonamides is 1. The van der Waals surface area contributed by atoms with Gasteiger partial charge in [-0.1, -0.05) is 6.07 Å². The molecule has 0 saturated carbocycles. The second-order valence-electron chi connectivity index (χ2n) is 6.75. The number of carbonyl (C=O) groups excluding carboxylic acids is 1. The summed E-state index contributed by atoms with van der Waals surface area (Å²) in [5.41, 5.74) is 0.625. The molecule has 10 heteroatoms. The number of rotatable bonds is 7. The summed E-state index contributed by atoms with van der Waals surface area (Å²) in [5, 5.41) is 6.97. The van der Waals surface area contributed by atoms with E-state index in [0.717, 1.165) is 19.1 Å². The molecule has 1 aliphatic rings. The fourth-order valence-corrected chi connectivity index (χ4v) is 3.91. The smallest absolute Gasteiger partial charge is 0.321 e. The molecule has 2 heterocycles. The topological polar surface area (TPSA) is 106 Å². The number of anilines is 1. The van der Waals surface area contributed by atoms with Crippen LogP contribution in [0.2, 0.25) is 0 Å². The molecular formula is C18H25N5O4S. The van der Waals surface area contributed by atoms with E-state index < -0.39 is 10.0 Å². The lowest BCUT2D eigenvalue weighted by molar-refractivity contribution is 0.190. The zero-order chi connectivity index (χ0) is 20.0. The summed E-state index contributed by atoms with van der Waals surface area (Å²) in [7, 11) is -3.29. The van der Waals surface area contributed by atoms with Gasteiger partial charge in [0.05, 0.1) is 12.8 Å². The average molecular weight is 407 g/mol. The summed E-state index contributed by atoms with van der Waals surface area (Å²) < 4.78 is 32.9. The molecule has 3 rings (SSSR count). The van der Waals surface area contributed by atoms with Crippen LogP contribution >= 0.6 is 0 Å². The molecule has 2 aromatic rings. The summed E-state index contributed by atoms with van der Waals surface area (Å²) in [4.78, 5) is 14.2. The van der Waals surface area contributed by atoms with Crippen molar-refractivity contribution in [3.8, 4) is 5.75 Å². The van der Waals surface area contributed by atoms with E-state index in [2.05, 4.69) is 15.1 Å². The normalized spacial score (nSPS) is 17.3. The van der Waals surface area contributed by atoms with E-state index in [1.807, 2.05) is 24.4 Å². The number of amides is 2. The second-order valence-corrected chi connectivity index (χ2v) is 8.53. The maximum atomic E-state index is 12.5. The van der Waals surface area contributed by atoms with Crippen molar-refractivity contribution >= 4 is 21.7 Å². The van der Waals surface area contributed by atoms with Crippen molar-refractivity contribution in [1.82, 2.24) is 19.4 Å². The summed E-state index contributed by atoms with van der Waals surface area (Å²) >= 11 is 0. The van der Waals surface area contributed by atoms with Gasteiger partial charge in [-0.15, -0.1) is 0 Å². The number of nitrogens with one attached hydrogen (secondary N) is 2. The van der Waals surface area contributed by atoms with Crippen LogP contribution in [-0.4, -0.2) is 61.1 Å². The fourth-order valence-electron chi connectivity index (χ4n) is 3.12. The Hall–Kier alpha value is -2.59. The molecule has 0 bridgehead atoms. The van der Waals surface area contributed by atoms with Crippen molar-refractivity contribution in [2.75, 3.05) is 31.3 Å². The number of carbonyl (C=O) groups is 1. The maximum absolute atomic E-state index is 12.5. The van der Waals surface area contributed by atoms with Gasteiger partial charge >= 0.3 is 6.03 Å². The molecule has 1 aromatic heterocycles. The highest BCUT2D eigenvalue weighted by atomic mass is 32.2. The first-order valence-corrected chi connectivity index (χ1v) is 11.0. The van der Waals surface area contributed by atoms with Crippen LogP contribution in [0.15, 0.2) is 42.7 Å². The van der Waals surface area contributed by atoms with Crippen LogP contribution in [0.3, 0.4) is 0 Å². The van der Waals surface area contributed by atoms with Gasteiger partial charge in [-0.25, -0.2) is 17.9 Å². The van der Waals surface area contributed by atoms with Crippen molar-refractivity contribution < 1.29 is 17.9 Å². The highest BCUT2D eigenvalue weighted by Gasteiger charge is 2.25. The van der Waals surface area contributed by atoms with Crippen molar-refractivity contribution in [1.29, 1.82) is 0 Å². The first-order chi connectivity index (χ1) is 13.4. The zero-order valence-electron chi connectivity index (χ0n) is 15.7. The standard InChI is InChI=1S/C18H25N5O4S/c1-28(25,26)21-16-6-3-9-22(14-16)18(24)20-15-5-2-7-17(13-15)27-12-11-23-10-4-8-19-23/h2,4-5,7-8,10,13,16,21H,3,6,9,11-12,14H2,1H3,(H,20,24). The Kier molecular flexibility index (Phi) is 6.53. The Balaban J connectivity index is 1.52. The molecule has 1 unspecified atom stereocenters. The van der Waals surface area contributed by atoms with Gasteiger partial charge in [-0.05, 0) is 31.0 Å². The van der Waals surface area contributed by atoms with Crippen LogP contribution in [0.4, 0.5) is 10.5 Å². The van der Waals surface area contributed by atoms with Crippen molar-refractivity contribution in [2.24, 2.45) is 0 Å². The largest absolute Gasteiger partial charge is 0.492 e. The monoisotopic (exact) mass is 407 g/mol. The minimum Gasteiger partial charge on any atom is -0.492 e. The Labute approximate surface area is 164 Å². The number of hydrogen-bond donors (Lipinski definition) is 2. The van der Waals surface area contributed by atoms with Gasteiger partial charge in [0.15, 0.2) is 0 Å². The third kappa shape index (κ3) is 6.24. The van der Waals surface area contributed by atoms with Crippen LogP contribution in [0.1, 0.15) is 12.8 Å². The number of nitrogens with zero attached hydrogens (tertiary/aromatic N) is 3. The molecule has 1 aliphatic heterocycles. The minimum atomic E-state index is -3.29. The Morgan fingerprint density at radius 3 is 2.96 bits per heavy atom. The number of hydrogen-bond acceptors (Lipinski definition) is 5. The number of urea groups is 1. The van der Waals surface area contributed by atoms with E-state index in [4.69, 9.17) is 4.74 Å². The Morgan fingerprint density at radius 1 is 1.36 bits per heavy atom. The highest BCUT2D eigenvalue weighted by molar-refractivity contribution is 7.88. The second kappa shape index (κ2) is 9.07. The van der Waals surface area contributed by atoms with E-state index in [1.54, 1.807) is 27.9 Å². The van der Waals surface area contributed by atoms with Crippen LogP contribution in [0, 0.1) is 0 Å². The molecule has 0 aliphatic carbocycles. The molecule has 2 N–H and O–H groups in total. The van der Waals surface area contributed by atoms with E-state index in [0.29, 0.717) is 37.7 Å². The third-order valence-corrected chi connectivity index (χ3v) is 5.08. The third-order valence-electron chi connectivity index (χ3n) is 4.32. The van der Waals surface area contributed by atoms with E-state index >= 15 is 0 Å². The molecule has 1 fully saturated rings. The maximum Gasteiger partial charge on any atom is 0.321 e. The van der Waals surface area contributed by atoms with Crippen molar-refractivity contribution in [3.05, 3.63) is 42.7 Å².